The molecule has 0 unspecified atom stereocenters. The van der Waals surface area contributed by atoms with Crippen molar-refractivity contribution in [3.05, 3.63) is 5.82 Å². The summed E-state index contributed by atoms with van der Waals surface area (Å²) in [6.45, 7) is 4.17. The lowest BCUT2D eigenvalue weighted by molar-refractivity contribution is 0.455. The van der Waals surface area contributed by atoms with Crippen molar-refractivity contribution < 1.29 is 0 Å². The summed E-state index contributed by atoms with van der Waals surface area (Å²) < 4.78 is 2.40. The van der Waals surface area contributed by atoms with Crippen LogP contribution in [0.15, 0.2) is 10.1 Å². The highest BCUT2D eigenvalue weighted by molar-refractivity contribution is 7.98. The first kappa shape index (κ1) is 20.1. The van der Waals surface area contributed by atoms with Gasteiger partial charge in [-0.3, -0.25) is 4.99 Å². The lowest BCUT2D eigenvalue weighted by Crippen LogP contribution is -2.39. The minimum absolute atomic E-state index is 0.605. The maximum Gasteiger partial charge on any atom is 0.193 e. The van der Waals surface area contributed by atoms with E-state index in [4.69, 9.17) is 0 Å². The molecule has 0 spiro atoms. The molecule has 0 bridgehead atoms. The van der Waals surface area contributed by atoms with E-state index in [0.29, 0.717) is 6.04 Å². The van der Waals surface area contributed by atoms with E-state index >= 15 is 0 Å². The molecule has 1 aromatic rings. The summed E-state index contributed by atoms with van der Waals surface area (Å²) in [5.41, 5.74) is 0. The van der Waals surface area contributed by atoms with Crippen LogP contribution in [0.3, 0.4) is 0 Å². The van der Waals surface area contributed by atoms with Gasteiger partial charge in [0.05, 0.1) is 0 Å². The third-order valence-corrected chi connectivity index (χ3v) is 5.53. The Morgan fingerprint density at radius 3 is 2.72 bits per heavy atom. The van der Waals surface area contributed by atoms with Gasteiger partial charge in [0.1, 0.15) is 5.82 Å². The van der Waals surface area contributed by atoms with Crippen molar-refractivity contribution in [1.29, 1.82) is 0 Å². The average molecular weight is 367 g/mol. The van der Waals surface area contributed by atoms with Gasteiger partial charge < -0.3 is 14.8 Å². The van der Waals surface area contributed by atoms with E-state index in [1.807, 2.05) is 7.05 Å². The minimum atomic E-state index is 0.605. The highest BCUT2D eigenvalue weighted by Crippen LogP contribution is 2.33. The maximum atomic E-state index is 4.47. The molecule has 2 rings (SSSR count). The first-order valence-electron chi connectivity index (χ1n) is 9.60. The number of hydrogen-bond donors (Lipinski definition) is 1. The zero-order valence-corrected chi connectivity index (χ0v) is 17.1. The molecule has 0 amide bonds. The Labute approximate surface area is 156 Å². The fraction of sp³-hybridized carbons (Fsp3) is 0.833. The van der Waals surface area contributed by atoms with E-state index in [-0.39, 0.29) is 0 Å². The summed E-state index contributed by atoms with van der Waals surface area (Å²) >= 11 is 1.71. The summed E-state index contributed by atoms with van der Waals surface area (Å²) in [5, 5.41) is 13.4. The number of thioether (sulfide) groups is 1. The van der Waals surface area contributed by atoms with Crippen LogP contribution in [0.4, 0.5) is 0 Å². The van der Waals surface area contributed by atoms with Gasteiger partial charge in [0.25, 0.3) is 0 Å². The molecule has 0 atom stereocenters. The molecule has 7 heteroatoms. The molecule has 1 fully saturated rings. The first-order valence-corrected chi connectivity index (χ1v) is 10.8. The van der Waals surface area contributed by atoms with E-state index in [9.17, 15) is 0 Å². The molecule has 1 saturated carbocycles. The van der Waals surface area contributed by atoms with Crippen LogP contribution in [0.5, 0.6) is 0 Å². The van der Waals surface area contributed by atoms with Gasteiger partial charge in [-0.05, 0) is 31.9 Å². The molecule has 142 valence electrons. The third kappa shape index (κ3) is 5.62. The van der Waals surface area contributed by atoms with Gasteiger partial charge in [-0.15, -0.1) is 10.2 Å². The number of hydrogen-bond acceptors (Lipinski definition) is 4. The SMILES string of the molecule is CCCCN(C)C(=NC)NCCCc1nnc(SC)n1C1CCCC1. The highest BCUT2D eigenvalue weighted by atomic mass is 32.2. The van der Waals surface area contributed by atoms with Crippen molar-refractivity contribution in [2.45, 2.75) is 69.5 Å². The second kappa shape index (κ2) is 10.7. The quantitative estimate of drug-likeness (QED) is 0.314. The van der Waals surface area contributed by atoms with E-state index in [0.717, 1.165) is 42.9 Å². The second-order valence-electron chi connectivity index (χ2n) is 6.76. The first-order chi connectivity index (χ1) is 12.2. The van der Waals surface area contributed by atoms with Crippen LogP contribution in [-0.2, 0) is 6.42 Å². The number of unbranched alkanes of at least 4 members (excludes halogenated alkanes) is 1. The smallest absolute Gasteiger partial charge is 0.193 e. The Morgan fingerprint density at radius 2 is 2.08 bits per heavy atom. The van der Waals surface area contributed by atoms with Crippen LogP contribution in [0, 0.1) is 0 Å². The van der Waals surface area contributed by atoms with Crippen LogP contribution in [0.25, 0.3) is 0 Å². The van der Waals surface area contributed by atoms with Crippen molar-refractivity contribution in [2.75, 3.05) is 33.4 Å². The lowest BCUT2D eigenvalue weighted by atomic mass is 10.2. The van der Waals surface area contributed by atoms with Crippen molar-refractivity contribution in [1.82, 2.24) is 25.0 Å². The van der Waals surface area contributed by atoms with E-state index in [2.05, 4.69) is 50.2 Å². The number of rotatable bonds is 9. The Morgan fingerprint density at radius 1 is 1.32 bits per heavy atom. The van der Waals surface area contributed by atoms with Crippen LogP contribution < -0.4 is 5.32 Å². The van der Waals surface area contributed by atoms with Crippen LogP contribution in [-0.4, -0.2) is 59.1 Å². The monoisotopic (exact) mass is 366 g/mol. The maximum absolute atomic E-state index is 4.47. The molecule has 1 aromatic heterocycles. The standard InChI is InChI=1S/C18H34N6S/c1-5-6-14-23(3)17(19-2)20-13-9-12-16-21-22-18(25-4)24(16)15-10-7-8-11-15/h15H,5-14H2,1-4H3,(H,19,20). The molecule has 25 heavy (non-hydrogen) atoms. The Bertz CT molecular complexity index is 536. The van der Waals surface area contributed by atoms with Gasteiger partial charge in [0, 0.05) is 39.6 Å². The molecule has 0 aromatic carbocycles. The van der Waals surface area contributed by atoms with Crippen LogP contribution in [0.2, 0.25) is 0 Å². The van der Waals surface area contributed by atoms with Gasteiger partial charge in [-0.1, -0.05) is 37.9 Å². The predicted molar refractivity (Wildman–Crippen MR) is 107 cm³/mol. The van der Waals surface area contributed by atoms with Gasteiger partial charge in [0.15, 0.2) is 11.1 Å². The Hall–Kier alpha value is -1.24. The average Bonchev–Trinajstić information content (AvgIpc) is 3.28. The van der Waals surface area contributed by atoms with Gasteiger partial charge in [-0.2, -0.15) is 0 Å². The number of aromatic nitrogens is 3. The van der Waals surface area contributed by atoms with Gasteiger partial charge in [-0.25, -0.2) is 0 Å². The van der Waals surface area contributed by atoms with Gasteiger partial charge in [0.2, 0.25) is 0 Å². The highest BCUT2D eigenvalue weighted by Gasteiger charge is 2.23. The van der Waals surface area contributed by atoms with E-state index in [1.165, 1.54) is 38.5 Å². The van der Waals surface area contributed by atoms with Crippen LogP contribution in [0.1, 0.15) is 63.7 Å². The lowest BCUT2D eigenvalue weighted by Gasteiger charge is -2.22. The van der Waals surface area contributed by atoms with E-state index < -0.39 is 0 Å². The molecule has 1 aliphatic rings. The summed E-state index contributed by atoms with van der Waals surface area (Å²) in [7, 11) is 3.96. The fourth-order valence-electron chi connectivity index (χ4n) is 3.48. The molecular formula is C18H34N6S. The summed E-state index contributed by atoms with van der Waals surface area (Å²) in [5.74, 6) is 2.13. The number of nitrogens with one attached hydrogen (secondary N) is 1. The molecule has 1 heterocycles. The molecule has 0 aliphatic heterocycles. The summed E-state index contributed by atoms with van der Waals surface area (Å²) in [6, 6.07) is 0.605. The minimum Gasteiger partial charge on any atom is -0.356 e. The Balaban J connectivity index is 1.84. The number of nitrogens with zero attached hydrogens (tertiary/aromatic N) is 5. The molecular weight excluding hydrogens is 332 g/mol. The Kier molecular flexibility index (Phi) is 8.58. The summed E-state index contributed by atoms with van der Waals surface area (Å²) in [4.78, 5) is 6.58. The van der Waals surface area contributed by atoms with Gasteiger partial charge >= 0.3 is 0 Å². The largest absolute Gasteiger partial charge is 0.356 e. The van der Waals surface area contributed by atoms with Crippen molar-refractivity contribution in [2.24, 2.45) is 4.99 Å². The second-order valence-corrected chi connectivity index (χ2v) is 7.54. The molecule has 6 nitrogen and oxygen atoms in total. The van der Waals surface area contributed by atoms with E-state index in [1.54, 1.807) is 11.8 Å². The normalized spacial score (nSPS) is 15.8. The molecule has 0 saturated heterocycles. The van der Waals surface area contributed by atoms with Crippen LogP contribution >= 0.6 is 11.8 Å². The predicted octanol–water partition coefficient (Wildman–Crippen LogP) is 3.36. The number of aryl methyl sites for hydroxylation is 1. The number of aliphatic imine (C=N–C) groups is 1. The third-order valence-electron chi connectivity index (χ3n) is 4.89. The molecule has 1 N–H and O–H groups in total. The van der Waals surface area contributed by atoms with Crippen molar-refractivity contribution in [3.63, 3.8) is 0 Å². The molecule has 1 aliphatic carbocycles. The van der Waals surface area contributed by atoms with Crippen molar-refractivity contribution in [3.8, 4) is 0 Å². The zero-order valence-electron chi connectivity index (χ0n) is 16.3. The zero-order chi connectivity index (χ0) is 18.1. The number of guanidine groups is 1. The topological polar surface area (TPSA) is 58.3 Å². The fourth-order valence-corrected chi connectivity index (χ4v) is 4.05. The van der Waals surface area contributed by atoms with Crippen molar-refractivity contribution >= 4 is 17.7 Å². The summed E-state index contributed by atoms with van der Waals surface area (Å²) in [6.07, 6.45) is 11.7. The molecule has 0 radical (unpaired) electrons.